The molecular formula is C9H4F2O. The highest BCUT2D eigenvalue weighted by Crippen LogP contribution is 2.11. The number of carbonyl (C=O) groups excluding carboxylic acids is 1. The Kier molecular flexibility index (Phi) is 2.20. The standard InChI is InChI=1S/C9H4F2O/c1-2-8(12)6-4-3-5-7(10)9(6)11/h1,3-5H. The van der Waals surface area contributed by atoms with Crippen LogP contribution in [0.4, 0.5) is 8.78 Å². The number of Topliss-reactive ketones (excluding diaryl/α,β-unsaturated/α-hetero) is 1. The van der Waals surface area contributed by atoms with Crippen LogP contribution in [0.25, 0.3) is 0 Å². The van der Waals surface area contributed by atoms with Gasteiger partial charge in [-0.2, -0.15) is 0 Å². The first-order valence-corrected chi connectivity index (χ1v) is 3.11. The van der Waals surface area contributed by atoms with E-state index in [0.29, 0.717) is 0 Å². The van der Waals surface area contributed by atoms with Crippen molar-refractivity contribution in [2.24, 2.45) is 0 Å². The van der Waals surface area contributed by atoms with Crippen molar-refractivity contribution in [2.45, 2.75) is 0 Å². The fourth-order valence-corrected chi connectivity index (χ4v) is 0.757. The maximum atomic E-state index is 12.7. The average molecular weight is 166 g/mol. The third kappa shape index (κ3) is 1.32. The Morgan fingerprint density at radius 2 is 2.08 bits per heavy atom. The second-order valence-electron chi connectivity index (χ2n) is 2.07. The van der Waals surface area contributed by atoms with Gasteiger partial charge in [0.25, 0.3) is 0 Å². The summed E-state index contributed by atoms with van der Waals surface area (Å²) in [6.45, 7) is 0. The second kappa shape index (κ2) is 3.14. The van der Waals surface area contributed by atoms with E-state index in [1.165, 1.54) is 6.07 Å². The first-order valence-electron chi connectivity index (χ1n) is 3.11. The summed E-state index contributed by atoms with van der Waals surface area (Å²) in [6.07, 6.45) is 4.73. The molecule has 0 aliphatic carbocycles. The lowest BCUT2D eigenvalue weighted by atomic mass is 10.1. The highest BCUT2D eigenvalue weighted by molar-refractivity contribution is 6.08. The Hall–Kier alpha value is -1.69. The predicted octanol–water partition coefficient (Wildman–Crippen LogP) is 1.78. The van der Waals surface area contributed by atoms with Crippen LogP contribution in [0.5, 0.6) is 0 Å². The van der Waals surface area contributed by atoms with Gasteiger partial charge in [0.2, 0.25) is 5.78 Å². The molecule has 3 heteroatoms. The minimum atomic E-state index is -1.19. The van der Waals surface area contributed by atoms with Crippen LogP contribution in [0, 0.1) is 24.0 Å². The number of rotatable bonds is 1. The normalized spacial score (nSPS) is 9.08. The van der Waals surface area contributed by atoms with Crippen LogP contribution in [0.2, 0.25) is 0 Å². The first kappa shape index (κ1) is 8.41. The largest absolute Gasteiger partial charge is 0.279 e. The Morgan fingerprint density at radius 3 is 2.67 bits per heavy atom. The van der Waals surface area contributed by atoms with Crippen molar-refractivity contribution in [1.82, 2.24) is 0 Å². The number of benzene rings is 1. The van der Waals surface area contributed by atoms with Crippen molar-refractivity contribution in [3.05, 3.63) is 35.4 Å². The van der Waals surface area contributed by atoms with E-state index in [-0.39, 0.29) is 0 Å². The Morgan fingerprint density at radius 1 is 1.42 bits per heavy atom. The second-order valence-corrected chi connectivity index (χ2v) is 2.07. The van der Waals surface area contributed by atoms with E-state index in [0.717, 1.165) is 12.1 Å². The molecule has 0 atom stereocenters. The monoisotopic (exact) mass is 166 g/mol. The van der Waals surface area contributed by atoms with E-state index in [9.17, 15) is 13.6 Å². The topological polar surface area (TPSA) is 17.1 Å². The molecule has 0 spiro atoms. The molecule has 0 N–H and O–H groups in total. The van der Waals surface area contributed by atoms with E-state index in [1.54, 1.807) is 5.92 Å². The van der Waals surface area contributed by atoms with Gasteiger partial charge in [0, 0.05) is 0 Å². The van der Waals surface area contributed by atoms with Gasteiger partial charge in [-0.15, -0.1) is 6.42 Å². The summed E-state index contributed by atoms with van der Waals surface area (Å²) in [6, 6.07) is 3.28. The summed E-state index contributed by atoms with van der Waals surface area (Å²) >= 11 is 0. The zero-order valence-electron chi connectivity index (χ0n) is 5.97. The molecule has 0 aromatic heterocycles. The number of hydrogen-bond acceptors (Lipinski definition) is 1. The molecule has 0 aliphatic heterocycles. The molecule has 0 saturated carbocycles. The van der Waals surface area contributed by atoms with Crippen LogP contribution in [0.15, 0.2) is 18.2 Å². The van der Waals surface area contributed by atoms with Gasteiger partial charge in [0.15, 0.2) is 11.6 Å². The van der Waals surface area contributed by atoms with Crippen LogP contribution >= 0.6 is 0 Å². The molecule has 0 fully saturated rings. The quantitative estimate of drug-likeness (QED) is 0.353. The molecule has 0 unspecified atom stereocenters. The van der Waals surface area contributed by atoms with E-state index in [4.69, 9.17) is 6.42 Å². The van der Waals surface area contributed by atoms with Crippen molar-refractivity contribution in [3.8, 4) is 12.3 Å². The molecule has 1 nitrogen and oxygen atoms in total. The van der Waals surface area contributed by atoms with Crippen molar-refractivity contribution >= 4 is 5.78 Å². The van der Waals surface area contributed by atoms with Gasteiger partial charge < -0.3 is 0 Å². The lowest BCUT2D eigenvalue weighted by Crippen LogP contribution is -2.00. The van der Waals surface area contributed by atoms with Crippen LogP contribution in [-0.4, -0.2) is 5.78 Å². The maximum Gasteiger partial charge on any atom is 0.238 e. The summed E-state index contributed by atoms with van der Waals surface area (Å²) in [5, 5.41) is 0. The molecule has 0 amide bonds. The molecule has 1 aromatic carbocycles. The molecule has 0 saturated heterocycles. The van der Waals surface area contributed by atoms with Crippen LogP contribution in [0.3, 0.4) is 0 Å². The minimum absolute atomic E-state index is 0.405. The number of ketones is 1. The molecule has 12 heavy (non-hydrogen) atoms. The molecule has 0 heterocycles. The van der Waals surface area contributed by atoms with Gasteiger partial charge in [0.05, 0.1) is 5.56 Å². The predicted molar refractivity (Wildman–Crippen MR) is 39.5 cm³/mol. The molecule has 1 aromatic rings. The highest BCUT2D eigenvalue weighted by Gasteiger charge is 2.12. The Labute approximate surface area is 68.0 Å². The van der Waals surface area contributed by atoms with E-state index >= 15 is 0 Å². The minimum Gasteiger partial charge on any atom is -0.279 e. The smallest absolute Gasteiger partial charge is 0.238 e. The lowest BCUT2D eigenvalue weighted by molar-refractivity contribution is 0.105. The summed E-state index contributed by atoms with van der Waals surface area (Å²) in [5.41, 5.74) is -0.405. The summed E-state index contributed by atoms with van der Waals surface area (Å²) < 4.78 is 25.2. The number of halogens is 2. The third-order valence-electron chi connectivity index (χ3n) is 1.33. The van der Waals surface area contributed by atoms with Gasteiger partial charge in [-0.25, -0.2) is 8.78 Å². The van der Waals surface area contributed by atoms with Gasteiger partial charge in [0.1, 0.15) is 0 Å². The molecule has 0 aliphatic rings. The fourth-order valence-electron chi connectivity index (χ4n) is 0.757. The Bertz CT molecular complexity index is 363. The zero-order valence-corrected chi connectivity index (χ0v) is 5.97. The van der Waals surface area contributed by atoms with Gasteiger partial charge in [-0.3, -0.25) is 4.79 Å². The van der Waals surface area contributed by atoms with Crippen molar-refractivity contribution in [1.29, 1.82) is 0 Å². The first-order chi connectivity index (χ1) is 5.66. The van der Waals surface area contributed by atoms with E-state index in [2.05, 4.69) is 0 Å². The van der Waals surface area contributed by atoms with Gasteiger partial charge in [-0.05, 0) is 18.1 Å². The van der Waals surface area contributed by atoms with Crippen LogP contribution in [0.1, 0.15) is 10.4 Å². The van der Waals surface area contributed by atoms with Crippen molar-refractivity contribution < 1.29 is 13.6 Å². The lowest BCUT2D eigenvalue weighted by Gasteiger charge is -1.96. The van der Waals surface area contributed by atoms with Crippen molar-refractivity contribution in [2.75, 3.05) is 0 Å². The molecule has 0 bridgehead atoms. The molecule has 1 rings (SSSR count). The van der Waals surface area contributed by atoms with E-state index < -0.39 is 23.0 Å². The highest BCUT2D eigenvalue weighted by atomic mass is 19.2. The molecule has 0 radical (unpaired) electrons. The van der Waals surface area contributed by atoms with E-state index in [1.807, 2.05) is 0 Å². The summed E-state index contributed by atoms with van der Waals surface area (Å²) in [4.78, 5) is 10.7. The van der Waals surface area contributed by atoms with Gasteiger partial charge in [-0.1, -0.05) is 6.07 Å². The SMILES string of the molecule is C#CC(=O)c1cccc(F)c1F. The molecule has 60 valence electrons. The summed E-state index contributed by atoms with van der Waals surface area (Å²) in [5.74, 6) is -1.42. The zero-order chi connectivity index (χ0) is 9.14. The number of terminal acetylenes is 1. The van der Waals surface area contributed by atoms with Crippen LogP contribution < -0.4 is 0 Å². The molecular weight excluding hydrogens is 162 g/mol. The van der Waals surface area contributed by atoms with Gasteiger partial charge >= 0.3 is 0 Å². The summed E-state index contributed by atoms with van der Waals surface area (Å²) in [7, 11) is 0. The maximum absolute atomic E-state index is 12.7. The number of hydrogen-bond donors (Lipinski definition) is 0. The van der Waals surface area contributed by atoms with Crippen LogP contribution in [-0.2, 0) is 0 Å². The fraction of sp³-hybridized carbons (Fsp3) is 0. The van der Waals surface area contributed by atoms with Crippen molar-refractivity contribution in [3.63, 3.8) is 0 Å². The number of carbonyl (C=O) groups is 1. The third-order valence-corrected chi connectivity index (χ3v) is 1.33. The average Bonchev–Trinajstić information content (AvgIpc) is 2.08. The Balaban J connectivity index is 3.28.